The van der Waals surface area contributed by atoms with E-state index in [0.29, 0.717) is 11.3 Å². The predicted molar refractivity (Wildman–Crippen MR) is 66.1 cm³/mol. The fourth-order valence-corrected chi connectivity index (χ4v) is 2.66. The molecule has 0 spiro atoms. The number of fused-ring (bicyclic) bond motifs is 1. The van der Waals surface area contributed by atoms with Gasteiger partial charge in [-0.2, -0.15) is 5.10 Å². The number of aromatic nitrogens is 2. The molecule has 1 aromatic heterocycles. The second-order valence-corrected chi connectivity index (χ2v) is 6.27. The van der Waals surface area contributed by atoms with Gasteiger partial charge in [-0.1, -0.05) is 27.7 Å². The maximum absolute atomic E-state index is 6.21. The van der Waals surface area contributed by atoms with E-state index >= 15 is 0 Å². The third kappa shape index (κ3) is 2.14. The van der Waals surface area contributed by atoms with Crippen molar-refractivity contribution in [3.05, 3.63) is 17.5 Å². The van der Waals surface area contributed by atoms with Crippen LogP contribution in [0.2, 0.25) is 0 Å². The second kappa shape index (κ2) is 3.88. The molecule has 2 N–H and O–H groups in total. The minimum atomic E-state index is 0.166. The Hall–Kier alpha value is -0.830. The average Bonchev–Trinajstić information content (AvgIpc) is 2.45. The smallest absolute Gasteiger partial charge is 0.0540 e. The molecule has 0 aromatic carbocycles. The second-order valence-electron chi connectivity index (χ2n) is 6.27. The molecule has 1 aliphatic carbocycles. The lowest BCUT2D eigenvalue weighted by Crippen LogP contribution is -2.30. The molecule has 1 aliphatic rings. The molecule has 1 aromatic rings. The van der Waals surface area contributed by atoms with Crippen molar-refractivity contribution in [2.24, 2.45) is 17.1 Å². The minimum Gasteiger partial charge on any atom is -0.324 e. The highest BCUT2D eigenvalue weighted by atomic mass is 15.3. The van der Waals surface area contributed by atoms with Crippen molar-refractivity contribution >= 4 is 0 Å². The van der Waals surface area contributed by atoms with Crippen molar-refractivity contribution < 1.29 is 0 Å². The Morgan fingerprint density at radius 2 is 2.25 bits per heavy atom. The first kappa shape index (κ1) is 11.6. The zero-order chi connectivity index (χ0) is 11.9. The van der Waals surface area contributed by atoms with Crippen LogP contribution in [-0.2, 0) is 13.0 Å². The van der Waals surface area contributed by atoms with E-state index in [0.717, 1.165) is 19.4 Å². The van der Waals surface area contributed by atoms with Crippen LogP contribution in [0.4, 0.5) is 0 Å². The summed E-state index contributed by atoms with van der Waals surface area (Å²) in [6.07, 6.45) is 4.13. The van der Waals surface area contributed by atoms with Crippen molar-refractivity contribution in [2.75, 3.05) is 0 Å². The Kier molecular flexibility index (Phi) is 2.82. The van der Waals surface area contributed by atoms with Gasteiger partial charge in [0.05, 0.1) is 6.20 Å². The van der Waals surface area contributed by atoms with Gasteiger partial charge in [-0.15, -0.1) is 0 Å². The number of rotatable bonds is 2. The lowest BCUT2D eigenvalue weighted by atomic mass is 9.74. The number of nitrogens with zero attached hydrogens (tertiary/aromatic N) is 2. The van der Waals surface area contributed by atoms with E-state index in [4.69, 9.17) is 5.73 Å². The SMILES string of the molecule is CC(C)Cn1ncc2c1CC(C)(C)CC2N. The predicted octanol–water partition coefficient (Wildman–Crippen LogP) is 2.51. The normalized spacial score (nSPS) is 23.5. The van der Waals surface area contributed by atoms with Gasteiger partial charge in [-0.3, -0.25) is 4.68 Å². The molecule has 3 heteroatoms. The molecule has 0 fully saturated rings. The first-order valence-corrected chi connectivity index (χ1v) is 6.19. The molecule has 0 saturated heterocycles. The standard InChI is InChI=1S/C13H23N3/c1-9(2)8-16-12-6-13(3,4)5-11(14)10(12)7-15-16/h7,9,11H,5-6,8,14H2,1-4H3. The third-order valence-corrected chi connectivity index (χ3v) is 3.34. The Bertz CT molecular complexity index is 377. The number of hydrogen-bond donors (Lipinski definition) is 1. The van der Waals surface area contributed by atoms with Crippen LogP contribution in [0.3, 0.4) is 0 Å². The number of nitrogens with two attached hydrogens (primary N) is 1. The van der Waals surface area contributed by atoms with Crippen LogP contribution in [0.15, 0.2) is 6.20 Å². The summed E-state index contributed by atoms with van der Waals surface area (Å²) in [5.41, 5.74) is 9.14. The zero-order valence-electron chi connectivity index (χ0n) is 10.8. The van der Waals surface area contributed by atoms with Crippen LogP contribution < -0.4 is 5.73 Å². The molecule has 16 heavy (non-hydrogen) atoms. The molecule has 1 unspecified atom stereocenters. The molecule has 0 bridgehead atoms. The van der Waals surface area contributed by atoms with E-state index in [9.17, 15) is 0 Å². The topological polar surface area (TPSA) is 43.8 Å². The van der Waals surface area contributed by atoms with Crippen molar-refractivity contribution in [1.82, 2.24) is 9.78 Å². The van der Waals surface area contributed by atoms with E-state index in [-0.39, 0.29) is 6.04 Å². The highest BCUT2D eigenvalue weighted by Gasteiger charge is 2.33. The summed E-state index contributed by atoms with van der Waals surface area (Å²) < 4.78 is 2.15. The highest BCUT2D eigenvalue weighted by Crippen LogP contribution is 2.39. The van der Waals surface area contributed by atoms with Gasteiger partial charge in [-0.25, -0.2) is 0 Å². The molecule has 0 saturated carbocycles. The van der Waals surface area contributed by atoms with Gasteiger partial charge in [0.1, 0.15) is 0 Å². The largest absolute Gasteiger partial charge is 0.324 e. The van der Waals surface area contributed by atoms with Gasteiger partial charge >= 0.3 is 0 Å². The van der Waals surface area contributed by atoms with Crippen LogP contribution in [0.25, 0.3) is 0 Å². The molecule has 3 nitrogen and oxygen atoms in total. The summed E-state index contributed by atoms with van der Waals surface area (Å²) >= 11 is 0. The van der Waals surface area contributed by atoms with Crippen molar-refractivity contribution in [2.45, 2.75) is 53.1 Å². The maximum atomic E-state index is 6.21. The lowest BCUT2D eigenvalue weighted by Gasteiger charge is -2.34. The molecule has 1 heterocycles. The first-order chi connectivity index (χ1) is 7.39. The Morgan fingerprint density at radius 1 is 1.56 bits per heavy atom. The molecular formula is C13H23N3. The third-order valence-electron chi connectivity index (χ3n) is 3.34. The highest BCUT2D eigenvalue weighted by molar-refractivity contribution is 5.26. The summed E-state index contributed by atoms with van der Waals surface area (Å²) in [5, 5.41) is 4.49. The van der Waals surface area contributed by atoms with Gasteiger partial charge < -0.3 is 5.73 Å². The average molecular weight is 221 g/mol. The fourth-order valence-electron chi connectivity index (χ4n) is 2.66. The molecular weight excluding hydrogens is 198 g/mol. The molecule has 0 aliphatic heterocycles. The Balaban J connectivity index is 2.33. The summed E-state index contributed by atoms with van der Waals surface area (Å²) in [4.78, 5) is 0. The van der Waals surface area contributed by atoms with Gasteiger partial charge in [-0.05, 0) is 24.2 Å². The summed E-state index contributed by atoms with van der Waals surface area (Å²) in [5.74, 6) is 0.630. The molecule has 1 atom stereocenters. The summed E-state index contributed by atoms with van der Waals surface area (Å²) in [7, 11) is 0. The van der Waals surface area contributed by atoms with E-state index in [1.54, 1.807) is 0 Å². The van der Waals surface area contributed by atoms with E-state index in [1.165, 1.54) is 11.3 Å². The lowest BCUT2D eigenvalue weighted by molar-refractivity contribution is 0.271. The van der Waals surface area contributed by atoms with Gasteiger partial charge in [0.2, 0.25) is 0 Å². The van der Waals surface area contributed by atoms with Gasteiger partial charge in [0, 0.05) is 23.8 Å². The van der Waals surface area contributed by atoms with Crippen LogP contribution >= 0.6 is 0 Å². The fraction of sp³-hybridized carbons (Fsp3) is 0.769. The summed E-state index contributed by atoms with van der Waals surface area (Å²) in [6, 6.07) is 0.166. The van der Waals surface area contributed by atoms with Crippen LogP contribution in [0.1, 0.15) is 51.4 Å². The van der Waals surface area contributed by atoms with Crippen LogP contribution in [0.5, 0.6) is 0 Å². The molecule has 0 radical (unpaired) electrons. The molecule has 2 rings (SSSR count). The van der Waals surface area contributed by atoms with Crippen molar-refractivity contribution in [3.63, 3.8) is 0 Å². The van der Waals surface area contributed by atoms with E-state index in [1.807, 2.05) is 6.20 Å². The van der Waals surface area contributed by atoms with Crippen molar-refractivity contribution in [1.29, 1.82) is 0 Å². The van der Waals surface area contributed by atoms with Crippen molar-refractivity contribution in [3.8, 4) is 0 Å². The Labute approximate surface area is 98.0 Å². The van der Waals surface area contributed by atoms with Crippen LogP contribution in [-0.4, -0.2) is 9.78 Å². The minimum absolute atomic E-state index is 0.166. The molecule has 90 valence electrons. The Morgan fingerprint density at radius 3 is 2.88 bits per heavy atom. The van der Waals surface area contributed by atoms with Gasteiger partial charge in [0.15, 0.2) is 0 Å². The van der Waals surface area contributed by atoms with Crippen LogP contribution in [0, 0.1) is 11.3 Å². The quantitative estimate of drug-likeness (QED) is 0.834. The van der Waals surface area contributed by atoms with E-state index < -0.39 is 0 Å². The van der Waals surface area contributed by atoms with Gasteiger partial charge in [0.25, 0.3) is 0 Å². The zero-order valence-corrected chi connectivity index (χ0v) is 10.8. The molecule has 0 amide bonds. The monoisotopic (exact) mass is 221 g/mol. The summed E-state index contributed by atoms with van der Waals surface area (Å²) in [6.45, 7) is 10.0. The van der Waals surface area contributed by atoms with E-state index in [2.05, 4.69) is 37.5 Å². The first-order valence-electron chi connectivity index (χ1n) is 6.19. The number of hydrogen-bond acceptors (Lipinski definition) is 2. The maximum Gasteiger partial charge on any atom is 0.0540 e.